The molecule has 33 heavy (non-hydrogen) atoms. The van der Waals surface area contributed by atoms with Gasteiger partial charge < -0.3 is 0 Å². The van der Waals surface area contributed by atoms with Gasteiger partial charge in [0.25, 0.3) is 0 Å². The van der Waals surface area contributed by atoms with Gasteiger partial charge in [0.15, 0.2) is 0 Å². The minimum atomic E-state index is -5.12. The lowest BCUT2D eigenvalue weighted by Crippen LogP contribution is -2.48. The average Bonchev–Trinajstić information content (AvgIpc) is 2.74. The van der Waals surface area contributed by atoms with E-state index in [1.165, 1.54) is 5.56 Å². The number of rotatable bonds is 7. The van der Waals surface area contributed by atoms with Crippen molar-refractivity contribution in [1.29, 1.82) is 0 Å². The Balaban J connectivity index is 1.57. The molecule has 1 heterocycles. The third-order valence-corrected chi connectivity index (χ3v) is 6.75. The van der Waals surface area contributed by atoms with E-state index in [0.29, 0.717) is 13.1 Å². The van der Waals surface area contributed by atoms with Crippen LogP contribution in [0.4, 0.5) is 26.3 Å². The lowest BCUT2D eigenvalue weighted by atomic mass is 10.1. The minimum absolute atomic E-state index is 0.103. The van der Waals surface area contributed by atoms with Crippen LogP contribution in [0.5, 0.6) is 0 Å². The first-order chi connectivity index (χ1) is 15.3. The number of piperazine rings is 1. The molecule has 0 spiro atoms. The van der Waals surface area contributed by atoms with Crippen molar-refractivity contribution in [2.75, 3.05) is 39.3 Å². The van der Waals surface area contributed by atoms with E-state index in [1.807, 2.05) is 35.2 Å². The molecule has 1 fully saturated rings. The number of hydrogen-bond donors (Lipinski definition) is 1. The van der Waals surface area contributed by atoms with Crippen LogP contribution in [0.15, 0.2) is 53.4 Å². The second-order valence-corrected chi connectivity index (χ2v) is 9.51. The molecule has 0 atom stereocenters. The molecule has 182 valence electrons. The summed E-state index contributed by atoms with van der Waals surface area (Å²) < 4.78 is 105. The van der Waals surface area contributed by atoms with Crippen molar-refractivity contribution in [3.63, 3.8) is 0 Å². The Bertz CT molecular complexity index is 1000. The predicted molar refractivity (Wildman–Crippen MR) is 110 cm³/mol. The third kappa shape index (κ3) is 7.16. The van der Waals surface area contributed by atoms with E-state index >= 15 is 0 Å². The molecule has 2 aromatic rings. The van der Waals surface area contributed by atoms with E-state index < -0.39 is 38.4 Å². The van der Waals surface area contributed by atoms with Crippen molar-refractivity contribution >= 4 is 10.0 Å². The van der Waals surface area contributed by atoms with Crippen molar-refractivity contribution in [2.45, 2.75) is 23.8 Å². The van der Waals surface area contributed by atoms with Crippen molar-refractivity contribution in [2.24, 2.45) is 0 Å². The second-order valence-electron chi connectivity index (χ2n) is 7.74. The van der Waals surface area contributed by atoms with Gasteiger partial charge in [-0.25, -0.2) is 13.1 Å². The summed E-state index contributed by atoms with van der Waals surface area (Å²) in [6.45, 7) is 3.77. The SMILES string of the molecule is O=S(=O)(NCCN1CCN(Cc2ccccc2)CC1)c1cc(C(F)(F)F)cc(C(F)(F)F)c1. The normalized spacial score (nSPS) is 16.8. The number of alkyl halides is 6. The standard InChI is InChI=1S/C21H23F6N3O2S/c22-20(23,24)17-12-18(21(25,26)27)14-19(13-17)33(31,32)28-6-7-29-8-10-30(11-9-29)15-16-4-2-1-3-5-16/h1-5,12-14,28H,6-11,15H2. The van der Waals surface area contributed by atoms with Crippen LogP contribution in [0.2, 0.25) is 0 Å². The van der Waals surface area contributed by atoms with Crippen LogP contribution in [-0.4, -0.2) is 57.5 Å². The first-order valence-electron chi connectivity index (χ1n) is 10.1. The highest BCUT2D eigenvalue weighted by molar-refractivity contribution is 7.89. The first-order valence-corrected chi connectivity index (χ1v) is 11.6. The van der Waals surface area contributed by atoms with Crippen LogP contribution >= 0.6 is 0 Å². The zero-order valence-electron chi connectivity index (χ0n) is 17.5. The molecular formula is C21H23F6N3O2S. The lowest BCUT2D eigenvalue weighted by molar-refractivity contribution is -0.143. The summed E-state index contributed by atoms with van der Waals surface area (Å²) in [5.74, 6) is 0. The number of hydrogen-bond acceptors (Lipinski definition) is 4. The molecule has 0 radical (unpaired) electrons. The molecule has 1 aliphatic heterocycles. The van der Waals surface area contributed by atoms with Crippen LogP contribution in [0.25, 0.3) is 0 Å². The van der Waals surface area contributed by atoms with Crippen molar-refractivity contribution in [1.82, 2.24) is 14.5 Å². The van der Waals surface area contributed by atoms with Crippen molar-refractivity contribution in [3.8, 4) is 0 Å². The maximum Gasteiger partial charge on any atom is 0.416 e. The zero-order chi connectivity index (χ0) is 24.3. The van der Waals surface area contributed by atoms with E-state index in [1.54, 1.807) is 0 Å². The van der Waals surface area contributed by atoms with Crippen LogP contribution in [-0.2, 0) is 28.9 Å². The van der Waals surface area contributed by atoms with Gasteiger partial charge in [0.05, 0.1) is 16.0 Å². The topological polar surface area (TPSA) is 52.7 Å². The molecule has 0 amide bonds. The molecule has 0 saturated carbocycles. The maximum absolute atomic E-state index is 13.0. The van der Waals surface area contributed by atoms with Gasteiger partial charge in [-0.05, 0) is 23.8 Å². The highest BCUT2D eigenvalue weighted by atomic mass is 32.2. The Morgan fingerprint density at radius 3 is 1.82 bits per heavy atom. The quantitative estimate of drug-likeness (QED) is 0.594. The molecule has 0 aromatic heterocycles. The number of sulfonamides is 1. The number of halogens is 6. The van der Waals surface area contributed by atoms with Gasteiger partial charge in [-0.15, -0.1) is 0 Å². The third-order valence-electron chi connectivity index (χ3n) is 5.31. The van der Waals surface area contributed by atoms with E-state index in [2.05, 4.69) is 9.62 Å². The molecule has 0 aliphatic carbocycles. The Labute approximate surface area is 188 Å². The Hall–Kier alpha value is -2.15. The van der Waals surface area contributed by atoms with Crippen LogP contribution in [0, 0.1) is 0 Å². The molecule has 5 nitrogen and oxygen atoms in total. The van der Waals surface area contributed by atoms with E-state index in [0.717, 1.165) is 19.6 Å². The highest BCUT2D eigenvalue weighted by Gasteiger charge is 2.38. The summed E-state index contributed by atoms with van der Waals surface area (Å²) in [6, 6.07) is 10.2. The van der Waals surface area contributed by atoms with Crippen molar-refractivity contribution in [3.05, 3.63) is 65.2 Å². The Morgan fingerprint density at radius 2 is 1.30 bits per heavy atom. The summed E-state index contributed by atoms with van der Waals surface area (Å²) in [6.07, 6.45) is -10.2. The van der Waals surface area contributed by atoms with Gasteiger partial charge >= 0.3 is 12.4 Å². The molecule has 0 bridgehead atoms. The summed E-state index contributed by atoms with van der Waals surface area (Å²) >= 11 is 0. The van der Waals surface area contributed by atoms with Crippen molar-refractivity contribution < 1.29 is 34.8 Å². The first kappa shape index (κ1) is 25.5. The van der Waals surface area contributed by atoms with Gasteiger partial charge in [-0.2, -0.15) is 26.3 Å². The molecule has 1 aliphatic rings. The van der Waals surface area contributed by atoms with E-state index in [4.69, 9.17) is 0 Å². The molecule has 2 aromatic carbocycles. The molecule has 1 saturated heterocycles. The average molecular weight is 495 g/mol. The van der Waals surface area contributed by atoms with Crippen LogP contribution < -0.4 is 4.72 Å². The van der Waals surface area contributed by atoms with Gasteiger partial charge in [-0.1, -0.05) is 30.3 Å². The summed E-state index contributed by atoms with van der Waals surface area (Å²) in [5.41, 5.74) is -2.17. The smallest absolute Gasteiger partial charge is 0.299 e. The monoisotopic (exact) mass is 495 g/mol. The maximum atomic E-state index is 13.0. The largest absolute Gasteiger partial charge is 0.416 e. The van der Waals surface area contributed by atoms with E-state index in [9.17, 15) is 34.8 Å². The molecule has 3 rings (SSSR count). The highest BCUT2D eigenvalue weighted by Crippen LogP contribution is 2.37. The molecular weight excluding hydrogens is 472 g/mol. The van der Waals surface area contributed by atoms with E-state index in [-0.39, 0.29) is 31.3 Å². The fraction of sp³-hybridized carbons (Fsp3) is 0.429. The minimum Gasteiger partial charge on any atom is -0.299 e. The fourth-order valence-electron chi connectivity index (χ4n) is 3.52. The summed E-state index contributed by atoms with van der Waals surface area (Å²) in [5, 5.41) is 0. The number of nitrogens with zero attached hydrogens (tertiary/aromatic N) is 2. The Morgan fingerprint density at radius 1 is 0.788 bits per heavy atom. The zero-order valence-corrected chi connectivity index (χ0v) is 18.3. The molecule has 0 unspecified atom stereocenters. The number of nitrogens with one attached hydrogen (secondary N) is 1. The Kier molecular flexibility index (Phi) is 7.72. The summed E-state index contributed by atoms with van der Waals surface area (Å²) in [4.78, 5) is 3.16. The second kappa shape index (κ2) is 10.00. The predicted octanol–water partition coefficient (Wildman–Crippen LogP) is 3.82. The van der Waals surface area contributed by atoms with Crippen LogP contribution in [0.1, 0.15) is 16.7 Å². The fourth-order valence-corrected chi connectivity index (χ4v) is 4.61. The molecule has 12 heteroatoms. The van der Waals surface area contributed by atoms with Gasteiger partial charge in [0.2, 0.25) is 10.0 Å². The van der Waals surface area contributed by atoms with Crippen LogP contribution in [0.3, 0.4) is 0 Å². The number of benzene rings is 2. The van der Waals surface area contributed by atoms with Gasteiger partial charge in [0.1, 0.15) is 0 Å². The molecule has 1 N–H and O–H groups in total. The van der Waals surface area contributed by atoms with Gasteiger partial charge in [0, 0.05) is 45.8 Å². The van der Waals surface area contributed by atoms with Gasteiger partial charge in [-0.3, -0.25) is 9.80 Å². The lowest BCUT2D eigenvalue weighted by Gasteiger charge is -2.34. The summed E-state index contributed by atoms with van der Waals surface area (Å²) in [7, 11) is -4.57.